The number of carbonyl (C=O) groups is 1. The van der Waals surface area contributed by atoms with Crippen molar-refractivity contribution in [1.29, 1.82) is 0 Å². The molecule has 0 bridgehead atoms. The fraction of sp³-hybridized carbons (Fsp3) is 0.0667. The number of hydrogen-bond donors (Lipinski definition) is 0. The molecule has 0 saturated carbocycles. The second kappa shape index (κ2) is 4.63. The SMILES string of the molecule is Cc1c(Br)ccc2nc(C(=O)c3ccccc3)cn12. The topological polar surface area (TPSA) is 34.4 Å². The van der Waals surface area contributed by atoms with Gasteiger partial charge in [0.2, 0.25) is 5.78 Å². The Balaban J connectivity index is 2.12. The number of carbonyl (C=O) groups excluding carboxylic acids is 1. The maximum absolute atomic E-state index is 12.3. The molecule has 1 aromatic carbocycles. The highest BCUT2D eigenvalue weighted by Crippen LogP contribution is 2.19. The molecule has 2 heterocycles. The molecule has 0 saturated heterocycles. The molecular weight excluding hydrogens is 304 g/mol. The minimum atomic E-state index is -0.0557. The highest BCUT2D eigenvalue weighted by Gasteiger charge is 2.14. The quantitative estimate of drug-likeness (QED) is 0.677. The Bertz CT molecular complexity index is 762. The molecule has 0 atom stereocenters. The molecule has 2 aromatic heterocycles. The van der Waals surface area contributed by atoms with E-state index in [1.54, 1.807) is 18.3 Å². The fourth-order valence-electron chi connectivity index (χ4n) is 2.01. The highest BCUT2D eigenvalue weighted by molar-refractivity contribution is 9.10. The van der Waals surface area contributed by atoms with Crippen molar-refractivity contribution in [2.75, 3.05) is 0 Å². The van der Waals surface area contributed by atoms with Crippen LogP contribution >= 0.6 is 15.9 Å². The predicted molar refractivity (Wildman–Crippen MR) is 77.5 cm³/mol. The summed E-state index contributed by atoms with van der Waals surface area (Å²) in [5.41, 5.74) is 2.92. The van der Waals surface area contributed by atoms with Crippen LogP contribution in [0.25, 0.3) is 5.65 Å². The van der Waals surface area contributed by atoms with Crippen molar-refractivity contribution < 1.29 is 4.79 Å². The van der Waals surface area contributed by atoms with Crippen LogP contribution in [0.1, 0.15) is 21.7 Å². The minimum absolute atomic E-state index is 0.0557. The minimum Gasteiger partial charge on any atom is -0.302 e. The number of aryl methyl sites for hydroxylation is 1. The summed E-state index contributed by atoms with van der Waals surface area (Å²) >= 11 is 3.47. The number of benzene rings is 1. The molecule has 0 spiro atoms. The Hall–Kier alpha value is -1.94. The van der Waals surface area contributed by atoms with Gasteiger partial charge in [0.1, 0.15) is 11.3 Å². The van der Waals surface area contributed by atoms with Gasteiger partial charge in [-0.1, -0.05) is 30.3 Å². The third-order valence-electron chi connectivity index (χ3n) is 3.09. The van der Waals surface area contributed by atoms with Gasteiger partial charge in [-0.2, -0.15) is 0 Å². The van der Waals surface area contributed by atoms with E-state index >= 15 is 0 Å². The van der Waals surface area contributed by atoms with Gasteiger partial charge in [-0.05, 0) is 35.0 Å². The summed E-state index contributed by atoms with van der Waals surface area (Å²) < 4.78 is 2.91. The lowest BCUT2D eigenvalue weighted by atomic mass is 10.1. The molecule has 0 N–H and O–H groups in total. The summed E-state index contributed by atoms with van der Waals surface area (Å²) in [6, 6.07) is 13.0. The van der Waals surface area contributed by atoms with Crippen LogP contribution < -0.4 is 0 Å². The van der Waals surface area contributed by atoms with Crippen molar-refractivity contribution in [1.82, 2.24) is 9.38 Å². The summed E-state index contributed by atoms with van der Waals surface area (Å²) in [6.07, 6.45) is 1.78. The lowest BCUT2D eigenvalue weighted by molar-refractivity contribution is 0.103. The molecule has 0 aliphatic carbocycles. The Kier molecular flexibility index (Phi) is 2.95. The Labute approximate surface area is 119 Å². The van der Waals surface area contributed by atoms with Crippen LogP contribution in [0.3, 0.4) is 0 Å². The number of rotatable bonds is 2. The third kappa shape index (κ3) is 2.08. The van der Waals surface area contributed by atoms with Crippen LogP contribution in [0.2, 0.25) is 0 Å². The molecule has 0 aliphatic heterocycles. The second-order valence-corrected chi connectivity index (χ2v) is 5.17. The Morgan fingerprint density at radius 1 is 1.16 bits per heavy atom. The number of nitrogens with zero attached hydrogens (tertiary/aromatic N) is 2. The second-order valence-electron chi connectivity index (χ2n) is 4.32. The molecule has 0 fully saturated rings. The van der Waals surface area contributed by atoms with Gasteiger partial charge in [-0.15, -0.1) is 0 Å². The largest absolute Gasteiger partial charge is 0.302 e. The maximum atomic E-state index is 12.3. The molecule has 0 unspecified atom stereocenters. The first kappa shape index (κ1) is 12.1. The summed E-state index contributed by atoms with van der Waals surface area (Å²) in [7, 11) is 0. The van der Waals surface area contributed by atoms with E-state index < -0.39 is 0 Å². The summed E-state index contributed by atoms with van der Waals surface area (Å²) in [6.45, 7) is 1.98. The van der Waals surface area contributed by atoms with Gasteiger partial charge < -0.3 is 4.40 Å². The van der Waals surface area contributed by atoms with Gasteiger partial charge in [0.05, 0.1) is 0 Å². The molecule has 3 aromatic rings. The van der Waals surface area contributed by atoms with E-state index in [-0.39, 0.29) is 5.78 Å². The normalized spacial score (nSPS) is 10.8. The zero-order valence-corrected chi connectivity index (χ0v) is 11.9. The van der Waals surface area contributed by atoms with Crippen LogP contribution in [0, 0.1) is 6.92 Å². The highest BCUT2D eigenvalue weighted by atomic mass is 79.9. The Morgan fingerprint density at radius 3 is 2.63 bits per heavy atom. The molecular formula is C15H11BrN2O. The average Bonchev–Trinajstić information content (AvgIpc) is 2.88. The average molecular weight is 315 g/mol. The summed E-state index contributed by atoms with van der Waals surface area (Å²) in [4.78, 5) is 16.7. The first-order valence-electron chi connectivity index (χ1n) is 5.91. The number of halogens is 1. The lowest BCUT2D eigenvalue weighted by Crippen LogP contribution is -2.00. The fourth-order valence-corrected chi connectivity index (χ4v) is 2.33. The van der Waals surface area contributed by atoms with E-state index in [1.165, 1.54) is 0 Å². The van der Waals surface area contributed by atoms with Gasteiger partial charge in [-0.3, -0.25) is 4.79 Å². The summed E-state index contributed by atoms with van der Waals surface area (Å²) in [5.74, 6) is -0.0557. The van der Waals surface area contributed by atoms with E-state index in [0.29, 0.717) is 11.3 Å². The van der Waals surface area contributed by atoms with Gasteiger partial charge in [0.25, 0.3) is 0 Å². The van der Waals surface area contributed by atoms with Crippen molar-refractivity contribution in [3.63, 3.8) is 0 Å². The standard InChI is InChI=1S/C15H11BrN2O/c1-10-12(16)7-8-14-17-13(9-18(10)14)15(19)11-5-3-2-4-6-11/h2-9H,1H3. The first-order chi connectivity index (χ1) is 9.16. The number of ketones is 1. The van der Waals surface area contributed by atoms with Crippen LogP contribution in [0.5, 0.6) is 0 Å². The van der Waals surface area contributed by atoms with Crippen molar-refractivity contribution >= 4 is 27.4 Å². The number of pyridine rings is 1. The maximum Gasteiger partial charge on any atom is 0.212 e. The zero-order valence-electron chi connectivity index (χ0n) is 10.3. The summed E-state index contributed by atoms with van der Waals surface area (Å²) in [5, 5.41) is 0. The third-order valence-corrected chi connectivity index (χ3v) is 3.93. The molecule has 4 heteroatoms. The van der Waals surface area contributed by atoms with Gasteiger partial charge in [0, 0.05) is 21.9 Å². The van der Waals surface area contributed by atoms with E-state index in [2.05, 4.69) is 20.9 Å². The number of hydrogen-bond acceptors (Lipinski definition) is 2. The molecule has 94 valence electrons. The monoisotopic (exact) mass is 314 g/mol. The molecule has 3 rings (SSSR count). The van der Waals surface area contributed by atoms with Gasteiger partial charge in [0.15, 0.2) is 0 Å². The number of aromatic nitrogens is 2. The van der Waals surface area contributed by atoms with Crippen LogP contribution in [-0.4, -0.2) is 15.2 Å². The smallest absolute Gasteiger partial charge is 0.212 e. The molecule has 19 heavy (non-hydrogen) atoms. The number of fused-ring (bicyclic) bond motifs is 1. The predicted octanol–water partition coefficient (Wildman–Crippen LogP) is 3.64. The van der Waals surface area contributed by atoms with Crippen molar-refractivity contribution in [3.05, 3.63) is 70.1 Å². The van der Waals surface area contributed by atoms with Gasteiger partial charge >= 0.3 is 0 Å². The van der Waals surface area contributed by atoms with E-state index in [1.807, 2.05) is 41.7 Å². The van der Waals surface area contributed by atoms with E-state index in [0.717, 1.165) is 15.8 Å². The first-order valence-corrected chi connectivity index (χ1v) is 6.70. The van der Waals surface area contributed by atoms with Crippen molar-refractivity contribution in [2.45, 2.75) is 6.92 Å². The van der Waals surface area contributed by atoms with Crippen LogP contribution in [0.4, 0.5) is 0 Å². The van der Waals surface area contributed by atoms with E-state index in [9.17, 15) is 4.79 Å². The lowest BCUT2D eigenvalue weighted by Gasteiger charge is -2.00. The van der Waals surface area contributed by atoms with E-state index in [4.69, 9.17) is 0 Å². The van der Waals surface area contributed by atoms with Crippen LogP contribution in [-0.2, 0) is 0 Å². The molecule has 0 aliphatic rings. The molecule has 3 nitrogen and oxygen atoms in total. The van der Waals surface area contributed by atoms with Gasteiger partial charge in [-0.25, -0.2) is 4.98 Å². The zero-order chi connectivity index (χ0) is 13.4. The Morgan fingerprint density at radius 2 is 1.89 bits per heavy atom. The molecule has 0 amide bonds. The number of imidazole rings is 1. The van der Waals surface area contributed by atoms with Crippen molar-refractivity contribution in [3.8, 4) is 0 Å². The van der Waals surface area contributed by atoms with Crippen LogP contribution in [0.15, 0.2) is 53.1 Å². The molecule has 0 radical (unpaired) electrons. The van der Waals surface area contributed by atoms with Crippen molar-refractivity contribution in [2.24, 2.45) is 0 Å².